The topological polar surface area (TPSA) is 60.0 Å². The average Bonchev–Trinajstić information content (AvgIpc) is 3.22. The van der Waals surface area contributed by atoms with Crippen LogP contribution < -0.4 is 5.32 Å². The van der Waals surface area contributed by atoms with Crippen molar-refractivity contribution >= 4 is 17.2 Å². The molecule has 1 aromatic carbocycles. The zero-order valence-electron chi connectivity index (χ0n) is 15.5. The van der Waals surface area contributed by atoms with E-state index in [1.54, 1.807) is 0 Å². The number of rotatable bonds is 5. The Bertz CT molecular complexity index is 1080. The van der Waals surface area contributed by atoms with E-state index in [4.69, 9.17) is 16.7 Å². The SMILES string of the molecule is Cc1nn(-c2ccc(Cl)cc2)c(C)c1CNC(C)c1nnc2ccccn12. The number of nitrogens with one attached hydrogen (secondary N) is 1. The molecule has 27 heavy (non-hydrogen) atoms. The number of halogens is 1. The van der Waals surface area contributed by atoms with Gasteiger partial charge >= 0.3 is 0 Å². The average molecular weight is 381 g/mol. The number of benzene rings is 1. The lowest BCUT2D eigenvalue weighted by molar-refractivity contribution is 0.539. The molecule has 1 N–H and O–H groups in total. The van der Waals surface area contributed by atoms with Gasteiger partial charge in [0.25, 0.3) is 0 Å². The van der Waals surface area contributed by atoms with Gasteiger partial charge in [-0.1, -0.05) is 17.7 Å². The van der Waals surface area contributed by atoms with Crippen LogP contribution in [0.15, 0.2) is 48.7 Å². The molecule has 3 aromatic heterocycles. The first-order valence-electron chi connectivity index (χ1n) is 8.88. The quantitative estimate of drug-likeness (QED) is 0.567. The minimum Gasteiger partial charge on any atom is -0.303 e. The van der Waals surface area contributed by atoms with Crippen molar-refractivity contribution in [2.24, 2.45) is 0 Å². The lowest BCUT2D eigenvalue weighted by Crippen LogP contribution is -2.21. The van der Waals surface area contributed by atoms with Crippen LogP contribution in [0.4, 0.5) is 0 Å². The molecule has 4 rings (SSSR count). The van der Waals surface area contributed by atoms with Gasteiger partial charge in [-0.25, -0.2) is 4.68 Å². The van der Waals surface area contributed by atoms with Crippen LogP contribution in [0.2, 0.25) is 5.02 Å². The van der Waals surface area contributed by atoms with E-state index in [0.717, 1.165) is 33.6 Å². The van der Waals surface area contributed by atoms with Crippen molar-refractivity contribution in [2.75, 3.05) is 0 Å². The molecule has 1 unspecified atom stereocenters. The van der Waals surface area contributed by atoms with Gasteiger partial charge in [0.15, 0.2) is 11.5 Å². The van der Waals surface area contributed by atoms with Crippen LogP contribution in [0.3, 0.4) is 0 Å². The van der Waals surface area contributed by atoms with Gasteiger partial charge in [-0.05, 0) is 57.2 Å². The molecule has 0 radical (unpaired) electrons. The first kappa shape index (κ1) is 17.7. The molecule has 0 aliphatic rings. The summed E-state index contributed by atoms with van der Waals surface area (Å²) >= 11 is 6.00. The van der Waals surface area contributed by atoms with E-state index in [1.165, 1.54) is 5.56 Å². The maximum absolute atomic E-state index is 6.00. The fourth-order valence-corrected chi connectivity index (χ4v) is 3.39. The molecule has 7 heteroatoms. The highest BCUT2D eigenvalue weighted by molar-refractivity contribution is 6.30. The van der Waals surface area contributed by atoms with Crippen molar-refractivity contribution < 1.29 is 0 Å². The molecule has 1 atom stereocenters. The molecule has 0 aliphatic heterocycles. The maximum Gasteiger partial charge on any atom is 0.160 e. The molecule has 3 heterocycles. The number of nitrogens with zero attached hydrogens (tertiary/aromatic N) is 5. The molecule has 138 valence electrons. The van der Waals surface area contributed by atoms with Crippen LogP contribution in [0.5, 0.6) is 0 Å². The van der Waals surface area contributed by atoms with Gasteiger partial charge in [-0.15, -0.1) is 10.2 Å². The summed E-state index contributed by atoms with van der Waals surface area (Å²) in [6, 6.07) is 13.7. The van der Waals surface area contributed by atoms with Gasteiger partial charge in [0.2, 0.25) is 0 Å². The molecule has 0 spiro atoms. The number of fused-ring (bicyclic) bond motifs is 1. The standard InChI is InChI=1S/C20H21ClN6/c1-13-18(15(3)27(25-13)17-9-7-16(21)8-10-17)12-22-14(2)20-24-23-19-6-4-5-11-26(19)20/h4-11,14,22H,12H2,1-3H3. The van der Waals surface area contributed by atoms with Crippen molar-refractivity contribution in [3.8, 4) is 5.69 Å². The van der Waals surface area contributed by atoms with E-state index < -0.39 is 0 Å². The molecule has 4 aromatic rings. The van der Waals surface area contributed by atoms with Crippen molar-refractivity contribution in [1.82, 2.24) is 29.7 Å². The molecule has 0 amide bonds. The maximum atomic E-state index is 6.00. The minimum absolute atomic E-state index is 0.0556. The molecule has 0 saturated carbocycles. The Balaban J connectivity index is 1.55. The summed E-state index contributed by atoms with van der Waals surface area (Å²) in [5.74, 6) is 0.894. The second-order valence-electron chi connectivity index (χ2n) is 6.63. The molecule has 0 fully saturated rings. The third-order valence-electron chi connectivity index (χ3n) is 4.82. The number of hydrogen-bond donors (Lipinski definition) is 1. The second kappa shape index (κ2) is 7.13. The highest BCUT2D eigenvalue weighted by Gasteiger charge is 2.16. The number of aromatic nitrogens is 5. The normalized spacial score (nSPS) is 12.6. The van der Waals surface area contributed by atoms with Gasteiger partial charge < -0.3 is 5.32 Å². The lowest BCUT2D eigenvalue weighted by Gasteiger charge is -2.13. The highest BCUT2D eigenvalue weighted by Crippen LogP contribution is 2.21. The number of aryl methyl sites for hydroxylation is 1. The van der Waals surface area contributed by atoms with E-state index in [0.29, 0.717) is 6.54 Å². The van der Waals surface area contributed by atoms with Crippen LogP contribution in [0.1, 0.15) is 35.7 Å². The summed E-state index contributed by atoms with van der Waals surface area (Å²) in [5.41, 5.74) is 5.16. The predicted octanol–water partition coefficient (Wildman–Crippen LogP) is 4.04. The third kappa shape index (κ3) is 3.34. The fraction of sp³-hybridized carbons (Fsp3) is 0.250. The van der Waals surface area contributed by atoms with Gasteiger partial charge in [0.1, 0.15) is 0 Å². The number of pyridine rings is 1. The molecule has 0 saturated heterocycles. The van der Waals surface area contributed by atoms with Crippen molar-refractivity contribution in [3.05, 3.63) is 76.5 Å². The van der Waals surface area contributed by atoms with Crippen LogP contribution in [-0.4, -0.2) is 24.4 Å². The summed E-state index contributed by atoms with van der Waals surface area (Å²) in [4.78, 5) is 0. The highest BCUT2D eigenvalue weighted by atomic mass is 35.5. The van der Waals surface area contributed by atoms with E-state index in [-0.39, 0.29) is 6.04 Å². The predicted molar refractivity (Wildman–Crippen MR) is 106 cm³/mol. The molecule has 6 nitrogen and oxygen atoms in total. The van der Waals surface area contributed by atoms with E-state index in [1.807, 2.05) is 64.7 Å². The van der Waals surface area contributed by atoms with Crippen molar-refractivity contribution in [2.45, 2.75) is 33.4 Å². The van der Waals surface area contributed by atoms with E-state index in [2.05, 4.69) is 29.4 Å². The van der Waals surface area contributed by atoms with Gasteiger partial charge in [0.05, 0.1) is 17.4 Å². The van der Waals surface area contributed by atoms with E-state index >= 15 is 0 Å². The van der Waals surface area contributed by atoms with Gasteiger partial charge in [0, 0.05) is 29.0 Å². The minimum atomic E-state index is 0.0556. The van der Waals surface area contributed by atoms with Crippen LogP contribution in [-0.2, 0) is 6.54 Å². The van der Waals surface area contributed by atoms with Crippen LogP contribution in [0, 0.1) is 13.8 Å². The monoisotopic (exact) mass is 380 g/mol. The Morgan fingerprint density at radius 3 is 2.63 bits per heavy atom. The molecule has 0 aliphatic carbocycles. The number of hydrogen-bond acceptors (Lipinski definition) is 4. The second-order valence-corrected chi connectivity index (χ2v) is 7.06. The van der Waals surface area contributed by atoms with Gasteiger partial charge in [-0.2, -0.15) is 5.10 Å². The zero-order valence-corrected chi connectivity index (χ0v) is 16.3. The zero-order chi connectivity index (χ0) is 19.0. The van der Waals surface area contributed by atoms with Gasteiger partial charge in [-0.3, -0.25) is 4.40 Å². The van der Waals surface area contributed by atoms with Crippen molar-refractivity contribution in [3.63, 3.8) is 0 Å². The Hall–Kier alpha value is -2.70. The van der Waals surface area contributed by atoms with Crippen molar-refractivity contribution in [1.29, 1.82) is 0 Å². The molecular formula is C20H21ClN6. The largest absolute Gasteiger partial charge is 0.303 e. The fourth-order valence-electron chi connectivity index (χ4n) is 3.27. The van der Waals surface area contributed by atoms with Crippen LogP contribution >= 0.6 is 11.6 Å². The summed E-state index contributed by atoms with van der Waals surface area (Å²) in [6.45, 7) is 6.92. The first-order chi connectivity index (χ1) is 13.0. The summed E-state index contributed by atoms with van der Waals surface area (Å²) in [5, 5.41) is 17.5. The summed E-state index contributed by atoms with van der Waals surface area (Å²) in [7, 11) is 0. The Labute approximate surface area is 162 Å². The third-order valence-corrected chi connectivity index (χ3v) is 5.08. The van der Waals surface area contributed by atoms with E-state index in [9.17, 15) is 0 Å². The lowest BCUT2D eigenvalue weighted by atomic mass is 10.2. The molecular weight excluding hydrogens is 360 g/mol. The Kier molecular flexibility index (Phi) is 4.68. The Morgan fingerprint density at radius 2 is 1.85 bits per heavy atom. The summed E-state index contributed by atoms with van der Waals surface area (Å²) in [6.07, 6.45) is 1.98. The van der Waals surface area contributed by atoms with Crippen LogP contribution in [0.25, 0.3) is 11.3 Å². The molecule has 0 bridgehead atoms. The smallest absolute Gasteiger partial charge is 0.160 e. The Morgan fingerprint density at radius 1 is 1.07 bits per heavy atom. The summed E-state index contributed by atoms with van der Waals surface area (Å²) < 4.78 is 3.97. The first-order valence-corrected chi connectivity index (χ1v) is 9.26.